The average Bonchev–Trinajstić information content (AvgIpc) is 3.27. The van der Waals surface area contributed by atoms with Crippen LogP contribution in [0.3, 0.4) is 0 Å². The summed E-state index contributed by atoms with van der Waals surface area (Å²) in [4.78, 5) is 20.9. The summed E-state index contributed by atoms with van der Waals surface area (Å²) in [5.41, 5.74) is 9.44. The van der Waals surface area contributed by atoms with Crippen LogP contribution in [0.2, 0.25) is 0 Å². The first-order valence-electron chi connectivity index (χ1n) is 9.73. The molecule has 0 saturated heterocycles. The maximum Gasteiger partial charge on any atom is 0.271 e. The highest BCUT2D eigenvalue weighted by Gasteiger charge is 2.10. The summed E-state index contributed by atoms with van der Waals surface area (Å²) in [7, 11) is 0. The number of benzene rings is 2. The minimum absolute atomic E-state index is 0.257. The van der Waals surface area contributed by atoms with Crippen LogP contribution < -0.4 is 16.4 Å². The number of pyridine rings is 1. The molecule has 4 aromatic rings. The quantitative estimate of drug-likeness (QED) is 0.399. The number of halogens is 1. The molecule has 0 unspecified atom stereocenters. The summed E-state index contributed by atoms with van der Waals surface area (Å²) in [6, 6.07) is 17.2. The van der Waals surface area contributed by atoms with E-state index in [1.165, 1.54) is 12.1 Å². The number of para-hydroxylation sites is 1. The summed E-state index contributed by atoms with van der Waals surface area (Å²) in [6.07, 6.45) is 5.51. The molecule has 8 heteroatoms. The Hall–Kier alpha value is -4.20. The summed E-state index contributed by atoms with van der Waals surface area (Å²) in [5, 5.41) is 5.98. The van der Waals surface area contributed by atoms with Gasteiger partial charge in [0.15, 0.2) is 0 Å². The second kappa shape index (κ2) is 9.08. The Balaban J connectivity index is 1.39. The second-order valence-corrected chi connectivity index (χ2v) is 6.90. The Morgan fingerprint density at radius 1 is 1.06 bits per heavy atom. The van der Waals surface area contributed by atoms with Crippen LogP contribution in [0, 0.1) is 5.82 Å². The fourth-order valence-corrected chi connectivity index (χ4v) is 3.07. The van der Waals surface area contributed by atoms with Crippen LogP contribution in [0.1, 0.15) is 16.1 Å². The van der Waals surface area contributed by atoms with E-state index in [0.29, 0.717) is 30.2 Å². The zero-order valence-electron chi connectivity index (χ0n) is 16.6. The van der Waals surface area contributed by atoms with Gasteiger partial charge in [-0.15, -0.1) is 0 Å². The standard InChI is InChI=1S/C23H21FN6O/c24-17-5-7-18(8-6-17)29-22-13-19(10-12-26-22)30-14-21(28-15-30)23(31)27-11-9-16-3-1-2-4-20(16)25/h1-8,10,12-15H,9,11,25H2,(H,26,29)(H,27,31). The van der Waals surface area contributed by atoms with Crippen molar-refractivity contribution in [3.05, 3.63) is 96.5 Å². The summed E-state index contributed by atoms with van der Waals surface area (Å²) in [5.74, 6) is 0.0277. The molecule has 0 atom stereocenters. The highest BCUT2D eigenvalue weighted by atomic mass is 19.1. The Morgan fingerprint density at radius 2 is 1.87 bits per heavy atom. The molecule has 2 aromatic heterocycles. The van der Waals surface area contributed by atoms with Crippen molar-refractivity contribution in [2.24, 2.45) is 0 Å². The molecule has 0 aliphatic heterocycles. The third-order valence-corrected chi connectivity index (χ3v) is 4.71. The zero-order valence-corrected chi connectivity index (χ0v) is 16.6. The molecule has 1 amide bonds. The van der Waals surface area contributed by atoms with Gasteiger partial charge in [0.05, 0.1) is 5.69 Å². The van der Waals surface area contributed by atoms with Gasteiger partial charge < -0.3 is 20.9 Å². The molecule has 4 rings (SSSR count). The number of amides is 1. The number of hydrogen-bond acceptors (Lipinski definition) is 5. The summed E-state index contributed by atoms with van der Waals surface area (Å²) >= 11 is 0. The van der Waals surface area contributed by atoms with E-state index < -0.39 is 0 Å². The molecule has 2 aromatic carbocycles. The molecular weight excluding hydrogens is 395 g/mol. The molecule has 4 N–H and O–H groups in total. The number of carbonyl (C=O) groups excluding carboxylic acids is 1. The Morgan fingerprint density at radius 3 is 2.68 bits per heavy atom. The lowest BCUT2D eigenvalue weighted by Crippen LogP contribution is -2.26. The number of nitrogens with zero attached hydrogens (tertiary/aromatic N) is 3. The molecule has 7 nitrogen and oxygen atoms in total. The first-order chi connectivity index (χ1) is 15.1. The molecular formula is C23H21FN6O. The SMILES string of the molecule is Nc1ccccc1CCNC(=O)c1cn(-c2ccnc(Nc3ccc(F)cc3)c2)cn1. The second-order valence-electron chi connectivity index (χ2n) is 6.90. The van der Waals surface area contributed by atoms with Crippen molar-refractivity contribution in [2.75, 3.05) is 17.6 Å². The predicted octanol–water partition coefficient (Wildman–Crippen LogP) is 3.70. The van der Waals surface area contributed by atoms with Gasteiger partial charge in [0.25, 0.3) is 5.91 Å². The number of hydrogen-bond donors (Lipinski definition) is 3. The van der Waals surface area contributed by atoms with E-state index in [0.717, 1.165) is 16.9 Å². The molecule has 0 aliphatic rings. The van der Waals surface area contributed by atoms with Crippen molar-refractivity contribution in [1.82, 2.24) is 19.9 Å². The van der Waals surface area contributed by atoms with Gasteiger partial charge in [0.2, 0.25) is 0 Å². The highest BCUT2D eigenvalue weighted by molar-refractivity contribution is 5.92. The maximum atomic E-state index is 13.1. The molecule has 31 heavy (non-hydrogen) atoms. The molecule has 0 aliphatic carbocycles. The van der Waals surface area contributed by atoms with E-state index in [9.17, 15) is 9.18 Å². The van der Waals surface area contributed by atoms with Crippen LogP contribution in [-0.2, 0) is 6.42 Å². The van der Waals surface area contributed by atoms with E-state index in [-0.39, 0.29) is 11.7 Å². The van der Waals surface area contributed by atoms with Crippen molar-refractivity contribution in [1.29, 1.82) is 0 Å². The number of aromatic nitrogens is 3. The maximum absolute atomic E-state index is 13.1. The molecule has 0 fully saturated rings. The lowest BCUT2D eigenvalue weighted by molar-refractivity contribution is 0.0949. The van der Waals surface area contributed by atoms with Gasteiger partial charge in [-0.25, -0.2) is 14.4 Å². The molecule has 0 spiro atoms. The Bertz CT molecular complexity index is 1190. The van der Waals surface area contributed by atoms with Gasteiger partial charge in [0, 0.05) is 36.4 Å². The van der Waals surface area contributed by atoms with Gasteiger partial charge in [-0.1, -0.05) is 18.2 Å². The predicted molar refractivity (Wildman–Crippen MR) is 118 cm³/mol. The van der Waals surface area contributed by atoms with Crippen molar-refractivity contribution in [2.45, 2.75) is 6.42 Å². The van der Waals surface area contributed by atoms with E-state index in [4.69, 9.17) is 5.73 Å². The molecule has 0 bridgehead atoms. The minimum atomic E-state index is -0.302. The van der Waals surface area contributed by atoms with E-state index in [1.807, 2.05) is 30.3 Å². The number of imidazole rings is 1. The van der Waals surface area contributed by atoms with Gasteiger partial charge in [-0.05, 0) is 48.4 Å². The molecule has 156 valence electrons. The van der Waals surface area contributed by atoms with Crippen molar-refractivity contribution >= 4 is 23.1 Å². The lowest BCUT2D eigenvalue weighted by Gasteiger charge is -2.08. The van der Waals surface area contributed by atoms with Crippen LogP contribution >= 0.6 is 0 Å². The van der Waals surface area contributed by atoms with Crippen LogP contribution in [0.4, 0.5) is 21.6 Å². The monoisotopic (exact) mass is 416 g/mol. The minimum Gasteiger partial charge on any atom is -0.399 e. The fraction of sp³-hybridized carbons (Fsp3) is 0.0870. The van der Waals surface area contributed by atoms with E-state index >= 15 is 0 Å². The van der Waals surface area contributed by atoms with E-state index in [1.54, 1.807) is 41.5 Å². The zero-order chi connectivity index (χ0) is 21.6. The smallest absolute Gasteiger partial charge is 0.271 e. The Labute approximate surface area is 178 Å². The van der Waals surface area contributed by atoms with Gasteiger partial charge in [-0.2, -0.15) is 0 Å². The van der Waals surface area contributed by atoms with Crippen LogP contribution in [-0.4, -0.2) is 27.0 Å². The third-order valence-electron chi connectivity index (χ3n) is 4.71. The number of nitrogen functional groups attached to an aromatic ring is 1. The summed E-state index contributed by atoms with van der Waals surface area (Å²) in [6.45, 7) is 0.459. The number of nitrogens with one attached hydrogen (secondary N) is 2. The van der Waals surface area contributed by atoms with Crippen molar-refractivity contribution in [3.63, 3.8) is 0 Å². The number of nitrogens with two attached hydrogens (primary N) is 1. The van der Waals surface area contributed by atoms with Crippen molar-refractivity contribution in [3.8, 4) is 5.69 Å². The van der Waals surface area contributed by atoms with Gasteiger partial charge in [0.1, 0.15) is 23.7 Å². The lowest BCUT2D eigenvalue weighted by atomic mass is 10.1. The molecule has 0 saturated carbocycles. The third kappa shape index (κ3) is 5.05. The number of anilines is 3. The van der Waals surface area contributed by atoms with Gasteiger partial charge >= 0.3 is 0 Å². The summed E-state index contributed by atoms with van der Waals surface area (Å²) < 4.78 is 14.8. The van der Waals surface area contributed by atoms with E-state index in [2.05, 4.69) is 20.6 Å². The topological polar surface area (TPSA) is 97.9 Å². The Kier molecular flexibility index (Phi) is 5.89. The first-order valence-corrected chi connectivity index (χ1v) is 9.73. The normalized spacial score (nSPS) is 10.6. The highest BCUT2D eigenvalue weighted by Crippen LogP contribution is 2.18. The van der Waals surface area contributed by atoms with Crippen molar-refractivity contribution < 1.29 is 9.18 Å². The fourth-order valence-electron chi connectivity index (χ4n) is 3.07. The van der Waals surface area contributed by atoms with Crippen LogP contribution in [0.5, 0.6) is 0 Å². The van der Waals surface area contributed by atoms with Crippen LogP contribution in [0.15, 0.2) is 79.4 Å². The molecule has 0 radical (unpaired) electrons. The van der Waals surface area contributed by atoms with Crippen LogP contribution in [0.25, 0.3) is 5.69 Å². The number of rotatable bonds is 7. The molecule has 2 heterocycles. The first kappa shape index (κ1) is 20.1. The number of carbonyl (C=O) groups is 1. The average molecular weight is 416 g/mol. The largest absolute Gasteiger partial charge is 0.399 e. The van der Waals surface area contributed by atoms with Gasteiger partial charge in [-0.3, -0.25) is 4.79 Å².